The molecule has 0 aliphatic rings. The number of carbonyl (C=O) groups excluding carboxylic acids is 2. The Hall–Kier alpha value is -2.89. The number of amides is 1. The van der Waals surface area contributed by atoms with Crippen LogP contribution in [-0.2, 0) is 16.0 Å². The second-order valence-corrected chi connectivity index (χ2v) is 7.50. The molecule has 0 fully saturated rings. The van der Waals surface area contributed by atoms with Gasteiger partial charge in [-0.3, -0.25) is 9.59 Å². The molecule has 5 nitrogen and oxygen atoms in total. The molecule has 30 heavy (non-hydrogen) atoms. The number of carboxylic acid groups (broad SMARTS) is 1. The van der Waals surface area contributed by atoms with Crippen LogP contribution in [0.5, 0.6) is 0 Å². The maximum atomic E-state index is 12.9. The van der Waals surface area contributed by atoms with E-state index in [-0.39, 0.29) is 17.0 Å². The molecule has 0 heterocycles. The van der Waals surface area contributed by atoms with E-state index in [9.17, 15) is 19.5 Å². The molecule has 0 saturated carbocycles. The van der Waals surface area contributed by atoms with Crippen molar-refractivity contribution >= 4 is 46.9 Å². The number of aliphatic carboxylic acids is 1. The predicted molar refractivity (Wildman–Crippen MR) is 119 cm³/mol. The Kier molecular flexibility index (Phi) is 7.98. The molecule has 0 aliphatic heterocycles. The molecule has 1 amide bonds. The first-order valence-electron chi connectivity index (χ1n) is 9.05. The Bertz CT molecular complexity index is 1060. The van der Waals surface area contributed by atoms with Crippen LogP contribution in [0.3, 0.4) is 0 Å². The second kappa shape index (κ2) is 10.2. The highest BCUT2D eigenvalue weighted by atomic mass is 35.5. The number of halogens is 2. The topological polar surface area (TPSA) is 74.7 Å². The lowest BCUT2D eigenvalue weighted by molar-refractivity contribution is -0.132. The average molecular weight is 446 g/mol. The number of hydrogen-bond donors (Lipinski definition) is 1. The number of nitrogens with zero attached hydrogens (tertiary/aromatic N) is 1. The molecule has 156 valence electrons. The minimum Gasteiger partial charge on any atom is -0.478 e. The third kappa shape index (κ3) is 5.59. The fraction of sp³-hybridized carbons (Fsp3) is 0.174. The van der Waals surface area contributed by atoms with Crippen molar-refractivity contribution in [3.8, 4) is 0 Å². The molecule has 0 radical (unpaired) electrons. The third-order valence-corrected chi connectivity index (χ3v) is 5.26. The molecule has 0 saturated heterocycles. The molecule has 0 atom stereocenters. The van der Waals surface area contributed by atoms with Crippen LogP contribution in [0.15, 0.2) is 54.1 Å². The molecular weight excluding hydrogens is 425 g/mol. The molecule has 1 N–H and O–H groups in total. The van der Waals surface area contributed by atoms with Crippen molar-refractivity contribution in [2.75, 3.05) is 14.1 Å². The number of hydrogen-bond acceptors (Lipinski definition) is 3. The van der Waals surface area contributed by atoms with Crippen LogP contribution < -0.4 is 0 Å². The van der Waals surface area contributed by atoms with E-state index < -0.39 is 11.8 Å². The summed E-state index contributed by atoms with van der Waals surface area (Å²) < 4.78 is 0. The van der Waals surface area contributed by atoms with Gasteiger partial charge in [0.15, 0.2) is 0 Å². The number of benzene rings is 2. The van der Waals surface area contributed by atoms with E-state index in [4.69, 9.17) is 23.2 Å². The standard InChI is InChI=1S/C23H21Cl2NO4/c1-4-17(23(29)30)22(28)18-13-14(12-16-6-5-7-19(24)21(16)25)8-9-15(18)10-11-20(27)26(2)3/h4-11,13H,12H2,1-3H3,(H,29,30)/b11-10+,17-4+. The fourth-order valence-electron chi connectivity index (χ4n) is 2.77. The molecule has 2 aromatic rings. The molecule has 0 unspecified atom stereocenters. The van der Waals surface area contributed by atoms with Crippen molar-refractivity contribution in [3.05, 3.63) is 86.4 Å². The summed E-state index contributed by atoms with van der Waals surface area (Å²) in [4.78, 5) is 37.7. The predicted octanol–water partition coefficient (Wildman–Crippen LogP) is 4.90. The number of ketones is 1. The summed E-state index contributed by atoms with van der Waals surface area (Å²) in [6.45, 7) is 1.49. The monoisotopic (exact) mass is 445 g/mol. The SMILES string of the molecule is C/C=C(/C(=O)O)C(=O)c1cc(Cc2cccc(Cl)c2Cl)ccc1/C=C/C(=O)N(C)C. The zero-order chi connectivity index (χ0) is 22.4. The first-order chi connectivity index (χ1) is 14.1. The fourth-order valence-corrected chi connectivity index (χ4v) is 3.15. The molecule has 0 aliphatic carbocycles. The van der Waals surface area contributed by atoms with Crippen LogP contribution in [0.1, 0.15) is 34.0 Å². The number of carbonyl (C=O) groups is 3. The first-order valence-corrected chi connectivity index (χ1v) is 9.80. The summed E-state index contributed by atoms with van der Waals surface area (Å²) in [7, 11) is 3.22. The Morgan fingerprint density at radius 3 is 2.40 bits per heavy atom. The zero-order valence-electron chi connectivity index (χ0n) is 16.8. The van der Waals surface area contributed by atoms with Gasteiger partial charge in [-0.25, -0.2) is 4.79 Å². The van der Waals surface area contributed by atoms with Gasteiger partial charge in [0.25, 0.3) is 0 Å². The lowest BCUT2D eigenvalue weighted by atomic mass is 9.93. The van der Waals surface area contributed by atoms with Gasteiger partial charge < -0.3 is 10.0 Å². The number of allylic oxidation sites excluding steroid dienone is 1. The number of rotatable bonds is 7. The molecule has 2 aromatic carbocycles. The molecule has 0 spiro atoms. The van der Waals surface area contributed by atoms with E-state index in [1.165, 1.54) is 30.1 Å². The Balaban J connectivity index is 2.53. The maximum Gasteiger partial charge on any atom is 0.339 e. The lowest BCUT2D eigenvalue weighted by Crippen LogP contribution is -2.18. The van der Waals surface area contributed by atoms with Crippen LogP contribution >= 0.6 is 23.2 Å². The van der Waals surface area contributed by atoms with E-state index in [1.54, 1.807) is 44.4 Å². The Labute approximate surface area is 185 Å². The summed E-state index contributed by atoms with van der Waals surface area (Å²) in [5.74, 6) is -2.21. The van der Waals surface area contributed by atoms with Gasteiger partial charge in [-0.1, -0.05) is 53.5 Å². The second-order valence-electron chi connectivity index (χ2n) is 6.71. The van der Waals surface area contributed by atoms with Crippen molar-refractivity contribution in [1.29, 1.82) is 0 Å². The normalized spacial score (nSPS) is 11.6. The van der Waals surface area contributed by atoms with Gasteiger partial charge in [-0.15, -0.1) is 0 Å². The van der Waals surface area contributed by atoms with Gasteiger partial charge in [0, 0.05) is 25.7 Å². The minimum atomic E-state index is -1.31. The number of Topliss-reactive ketones (excluding diaryl/α,β-unsaturated/α-hetero) is 1. The molecular formula is C23H21Cl2NO4. The molecule has 0 bridgehead atoms. The Morgan fingerprint density at radius 2 is 1.80 bits per heavy atom. The van der Waals surface area contributed by atoms with Crippen molar-refractivity contribution in [1.82, 2.24) is 4.90 Å². The summed E-state index contributed by atoms with van der Waals surface area (Å²) in [5.41, 5.74) is 1.81. The lowest BCUT2D eigenvalue weighted by Gasteiger charge is -2.11. The summed E-state index contributed by atoms with van der Waals surface area (Å²) in [6.07, 6.45) is 4.48. The van der Waals surface area contributed by atoms with Crippen molar-refractivity contribution in [2.24, 2.45) is 0 Å². The van der Waals surface area contributed by atoms with Gasteiger partial charge in [0.1, 0.15) is 5.57 Å². The first kappa shape index (κ1) is 23.4. The van der Waals surface area contributed by atoms with E-state index >= 15 is 0 Å². The zero-order valence-corrected chi connectivity index (χ0v) is 18.3. The van der Waals surface area contributed by atoms with Gasteiger partial charge >= 0.3 is 5.97 Å². The minimum absolute atomic E-state index is 0.184. The molecule has 7 heteroatoms. The smallest absolute Gasteiger partial charge is 0.339 e. The van der Waals surface area contributed by atoms with Gasteiger partial charge in [0.2, 0.25) is 11.7 Å². The summed E-state index contributed by atoms with van der Waals surface area (Å²) >= 11 is 12.3. The van der Waals surface area contributed by atoms with Crippen LogP contribution in [0.4, 0.5) is 0 Å². The number of carboxylic acids is 1. The van der Waals surface area contributed by atoms with Crippen molar-refractivity contribution in [3.63, 3.8) is 0 Å². The van der Waals surface area contributed by atoms with Crippen LogP contribution in [0.2, 0.25) is 10.0 Å². The largest absolute Gasteiger partial charge is 0.478 e. The van der Waals surface area contributed by atoms with E-state index in [2.05, 4.69) is 0 Å². The highest BCUT2D eigenvalue weighted by Crippen LogP contribution is 2.28. The van der Waals surface area contributed by atoms with Crippen LogP contribution in [0.25, 0.3) is 6.08 Å². The molecule has 2 rings (SSSR count). The van der Waals surface area contributed by atoms with Crippen molar-refractivity contribution < 1.29 is 19.5 Å². The molecule has 0 aromatic heterocycles. The van der Waals surface area contributed by atoms with Gasteiger partial charge in [-0.2, -0.15) is 0 Å². The third-order valence-electron chi connectivity index (χ3n) is 4.40. The quantitative estimate of drug-likeness (QED) is 0.284. The highest BCUT2D eigenvalue weighted by molar-refractivity contribution is 6.42. The van der Waals surface area contributed by atoms with Crippen molar-refractivity contribution in [2.45, 2.75) is 13.3 Å². The van der Waals surface area contributed by atoms with Crippen LogP contribution in [-0.4, -0.2) is 41.8 Å². The van der Waals surface area contributed by atoms with E-state index in [0.29, 0.717) is 22.0 Å². The Morgan fingerprint density at radius 1 is 1.10 bits per heavy atom. The maximum absolute atomic E-state index is 12.9. The highest BCUT2D eigenvalue weighted by Gasteiger charge is 2.21. The average Bonchev–Trinajstić information content (AvgIpc) is 2.70. The van der Waals surface area contributed by atoms with Crippen LogP contribution in [0, 0.1) is 0 Å². The van der Waals surface area contributed by atoms with E-state index in [1.807, 2.05) is 6.07 Å². The summed E-state index contributed by atoms with van der Waals surface area (Å²) in [5, 5.41) is 10.2. The summed E-state index contributed by atoms with van der Waals surface area (Å²) in [6, 6.07) is 10.4. The van der Waals surface area contributed by atoms with Gasteiger partial charge in [-0.05, 0) is 48.2 Å². The van der Waals surface area contributed by atoms with Gasteiger partial charge in [0.05, 0.1) is 10.0 Å². The number of likely N-dealkylation sites (N-methyl/N-ethyl adjacent to an activating group) is 1. The van der Waals surface area contributed by atoms with E-state index in [0.717, 1.165) is 11.1 Å².